The van der Waals surface area contributed by atoms with Gasteiger partial charge in [0.25, 0.3) is 5.91 Å². The molecule has 2 heterocycles. The summed E-state index contributed by atoms with van der Waals surface area (Å²) in [7, 11) is 0. The molecule has 0 radical (unpaired) electrons. The van der Waals surface area contributed by atoms with Crippen molar-refractivity contribution >= 4 is 11.6 Å². The zero-order valence-corrected chi connectivity index (χ0v) is 16.2. The number of piperazine rings is 2. The standard InChI is InChI=1S/C20H33N5O/c1-17(2)24-13-15-25(16-14-24)19-5-3-18(4-6-19)20(26)22-9-12-23-10-7-21-8-11-23/h3-6,17,21H,7-16H2,1-2H3,(H,22,26). The van der Waals surface area contributed by atoms with E-state index in [0.29, 0.717) is 12.6 Å². The van der Waals surface area contributed by atoms with Crippen molar-refractivity contribution in [1.82, 2.24) is 20.4 Å². The van der Waals surface area contributed by atoms with Crippen molar-refractivity contribution in [2.24, 2.45) is 0 Å². The fourth-order valence-electron chi connectivity index (χ4n) is 3.68. The van der Waals surface area contributed by atoms with E-state index in [1.165, 1.54) is 5.69 Å². The topological polar surface area (TPSA) is 50.9 Å². The maximum Gasteiger partial charge on any atom is 0.251 e. The maximum atomic E-state index is 12.3. The lowest BCUT2D eigenvalue weighted by molar-refractivity contribution is 0.0947. The number of amides is 1. The Balaban J connectivity index is 1.44. The Hall–Kier alpha value is -1.63. The first kappa shape index (κ1) is 19.1. The number of nitrogens with one attached hydrogen (secondary N) is 2. The first-order chi connectivity index (χ1) is 12.6. The smallest absolute Gasteiger partial charge is 0.251 e. The van der Waals surface area contributed by atoms with E-state index in [1.807, 2.05) is 12.1 Å². The highest BCUT2D eigenvalue weighted by molar-refractivity contribution is 5.94. The third-order valence-corrected chi connectivity index (χ3v) is 5.46. The quantitative estimate of drug-likeness (QED) is 0.789. The molecule has 26 heavy (non-hydrogen) atoms. The van der Waals surface area contributed by atoms with Crippen molar-refractivity contribution < 1.29 is 4.79 Å². The molecule has 2 aliphatic heterocycles. The zero-order valence-electron chi connectivity index (χ0n) is 16.2. The van der Waals surface area contributed by atoms with Crippen LogP contribution >= 0.6 is 0 Å². The van der Waals surface area contributed by atoms with Gasteiger partial charge in [-0.25, -0.2) is 0 Å². The van der Waals surface area contributed by atoms with E-state index in [0.717, 1.165) is 64.5 Å². The largest absolute Gasteiger partial charge is 0.369 e. The average molecular weight is 360 g/mol. The molecule has 1 aromatic rings. The minimum Gasteiger partial charge on any atom is -0.369 e. The summed E-state index contributed by atoms with van der Waals surface area (Å²) in [5.74, 6) is 0.0244. The van der Waals surface area contributed by atoms with Crippen LogP contribution in [0.1, 0.15) is 24.2 Å². The number of carbonyl (C=O) groups is 1. The number of benzene rings is 1. The molecule has 2 aliphatic rings. The van der Waals surface area contributed by atoms with Gasteiger partial charge in [0.15, 0.2) is 0 Å². The molecule has 0 bridgehead atoms. The van der Waals surface area contributed by atoms with E-state index in [2.05, 4.69) is 51.3 Å². The van der Waals surface area contributed by atoms with Gasteiger partial charge in [0.05, 0.1) is 0 Å². The fraction of sp³-hybridized carbons (Fsp3) is 0.650. The molecule has 6 nitrogen and oxygen atoms in total. The van der Waals surface area contributed by atoms with Crippen molar-refractivity contribution in [3.8, 4) is 0 Å². The Labute approximate surface area is 157 Å². The van der Waals surface area contributed by atoms with E-state index in [9.17, 15) is 4.79 Å². The normalized spacial score (nSPS) is 19.7. The minimum absolute atomic E-state index is 0.0244. The molecule has 2 saturated heterocycles. The van der Waals surface area contributed by atoms with Crippen molar-refractivity contribution in [2.45, 2.75) is 19.9 Å². The van der Waals surface area contributed by atoms with E-state index in [1.54, 1.807) is 0 Å². The number of carbonyl (C=O) groups excluding carboxylic acids is 1. The maximum absolute atomic E-state index is 12.3. The van der Waals surface area contributed by atoms with Crippen molar-refractivity contribution in [3.63, 3.8) is 0 Å². The van der Waals surface area contributed by atoms with Crippen LogP contribution in [0.15, 0.2) is 24.3 Å². The third kappa shape index (κ3) is 5.19. The number of rotatable bonds is 6. The van der Waals surface area contributed by atoms with Crippen LogP contribution < -0.4 is 15.5 Å². The van der Waals surface area contributed by atoms with Crippen LogP contribution in [0.5, 0.6) is 0 Å². The second-order valence-electron chi connectivity index (χ2n) is 7.51. The summed E-state index contributed by atoms with van der Waals surface area (Å²) in [6.45, 7) is 14.7. The molecule has 6 heteroatoms. The lowest BCUT2D eigenvalue weighted by atomic mass is 10.1. The first-order valence-corrected chi connectivity index (χ1v) is 9.94. The number of anilines is 1. The molecule has 0 saturated carbocycles. The van der Waals surface area contributed by atoms with Crippen LogP contribution in [0.25, 0.3) is 0 Å². The lowest BCUT2D eigenvalue weighted by Crippen LogP contribution is -2.48. The Morgan fingerprint density at radius 3 is 2.31 bits per heavy atom. The second kappa shape index (κ2) is 9.35. The number of hydrogen-bond donors (Lipinski definition) is 2. The van der Waals surface area contributed by atoms with Crippen molar-refractivity contribution in [3.05, 3.63) is 29.8 Å². The van der Waals surface area contributed by atoms with Crippen molar-refractivity contribution in [1.29, 1.82) is 0 Å². The Kier molecular flexibility index (Phi) is 6.88. The Morgan fingerprint density at radius 1 is 1.04 bits per heavy atom. The summed E-state index contributed by atoms with van der Waals surface area (Å²) < 4.78 is 0. The molecule has 144 valence electrons. The van der Waals surface area contributed by atoms with Gasteiger partial charge >= 0.3 is 0 Å². The average Bonchev–Trinajstić information content (AvgIpc) is 2.69. The minimum atomic E-state index is 0.0244. The highest BCUT2D eigenvalue weighted by Crippen LogP contribution is 2.18. The number of hydrogen-bond acceptors (Lipinski definition) is 5. The molecule has 3 rings (SSSR count). The molecular formula is C20H33N5O. The summed E-state index contributed by atoms with van der Waals surface area (Å²) in [6.07, 6.45) is 0. The highest BCUT2D eigenvalue weighted by Gasteiger charge is 2.19. The van der Waals surface area contributed by atoms with E-state index in [4.69, 9.17) is 0 Å². The molecule has 0 aromatic heterocycles. The predicted octanol–water partition coefficient (Wildman–Crippen LogP) is 0.852. The molecule has 0 spiro atoms. The van der Waals surface area contributed by atoms with Gasteiger partial charge in [-0.15, -0.1) is 0 Å². The predicted molar refractivity (Wildman–Crippen MR) is 107 cm³/mol. The molecule has 0 unspecified atom stereocenters. The Morgan fingerprint density at radius 2 is 1.69 bits per heavy atom. The SMILES string of the molecule is CC(C)N1CCN(c2ccc(C(=O)NCCN3CCNCC3)cc2)CC1. The summed E-state index contributed by atoms with van der Waals surface area (Å²) >= 11 is 0. The van der Waals surface area contributed by atoms with E-state index in [-0.39, 0.29) is 5.91 Å². The van der Waals surface area contributed by atoms with Crippen LogP contribution in [-0.2, 0) is 0 Å². The van der Waals surface area contributed by atoms with Gasteiger partial charge in [0.2, 0.25) is 0 Å². The summed E-state index contributed by atoms with van der Waals surface area (Å²) in [4.78, 5) is 19.6. The summed E-state index contributed by atoms with van der Waals surface area (Å²) in [5.41, 5.74) is 1.96. The van der Waals surface area contributed by atoms with Gasteiger partial charge < -0.3 is 15.5 Å². The first-order valence-electron chi connectivity index (χ1n) is 9.94. The molecule has 1 aromatic carbocycles. The van der Waals surface area contributed by atoms with Crippen LogP contribution in [0.3, 0.4) is 0 Å². The van der Waals surface area contributed by atoms with Gasteiger partial charge in [-0.2, -0.15) is 0 Å². The highest BCUT2D eigenvalue weighted by atomic mass is 16.1. The van der Waals surface area contributed by atoms with Gasteiger partial charge in [-0.05, 0) is 38.1 Å². The molecule has 0 atom stereocenters. The van der Waals surface area contributed by atoms with Gasteiger partial charge in [-0.3, -0.25) is 14.6 Å². The van der Waals surface area contributed by atoms with Crippen LogP contribution in [-0.4, -0.2) is 87.2 Å². The van der Waals surface area contributed by atoms with E-state index >= 15 is 0 Å². The van der Waals surface area contributed by atoms with Gasteiger partial charge in [0.1, 0.15) is 0 Å². The van der Waals surface area contributed by atoms with E-state index < -0.39 is 0 Å². The molecule has 2 N–H and O–H groups in total. The Bertz CT molecular complexity index is 560. The summed E-state index contributed by atoms with van der Waals surface area (Å²) in [5, 5.41) is 6.39. The van der Waals surface area contributed by atoms with Gasteiger partial charge in [-0.1, -0.05) is 0 Å². The van der Waals surface area contributed by atoms with Crippen molar-refractivity contribution in [2.75, 3.05) is 70.3 Å². The van der Waals surface area contributed by atoms with Crippen LogP contribution in [0.2, 0.25) is 0 Å². The monoisotopic (exact) mass is 359 g/mol. The lowest BCUT2D eigenvalue weighted by Gasteiger charge is -2.38. The molecular weight excluding hydrogens is 326 g/mol. The molecule has 1 amide bonds. The third-order valence-electron chi connectivity index (χ3n) is 5.46. The fourth-order valence-corrected chi connectivity index (χ4v) is 3.68. The zero-order chi connectivity index (χ0) is 18.4. The molecule has 2 fully saturated rings. The van der Waals surface area contributed by atoms with Crippen LogP contribution in [0.4, 0.5) is 5.69 Å². The second-order valence-corrected chi connectivity index (χ2v) is 7.51. The van der Waals surface area contributed by atoms with Gasteiger partial charge in [0, 0.05) is 82.7 Å². The summed E-state index contributed by atoms with van der Waals surface area (Å²) in [6, 6.07) is 8.67. The molecule has 0 aliphatic carbocycles. The number of nitrogens with zero attached hydrogens (tertiary/aromatic N) is 3. The van der Waals surface area contributed by atoms with Crippen LogP contribution in [0, 0.1) is 0 Å².